The lowest BCUT2D eigenvalue weighted by Crippen LogP contribution is -2.00. The molecule has 0 aliphatic carbocycles. The van der Waals surface area contributed by atoms with Crippen molar-refractivity contribution in [2.45, 2.75) is 6.61 Å². The zero-order valence-corrected chi connectivity index (χ0v) is 15.1. The van der Waals surface area contributed by atoms with Crippen molar-refractivity contribution >= 4 is 33.6 Å². The van der Waals surface area contributed by atoms with Gasteiger partial charge in [0.25, 0.3) is 0 Å². The summed E-state index contributed by atoms with van der Waals surface area (Å²) in [6.45, 7) is 0.237. The van der Waals surface area contributed by atoms with Gasteiger partial charge < -0.3 is 9.47 Å². The number of hydrogen-bond donors (Lipinski definition) is 0. The number of ether oxygens (including phenoxy) is 2. The van der Waals surface area contributed by atoms with Crippen molar-refractivity contribution in [1.82, 2.24) is 0 Å². The van der Waals surface area contributed by atoms with E-state index < -0.39 is 0 Å². The molecule has 24 heavy (non-hydrogen) atoms. The van der Waals surface area contributed by atoms with Crippen LogP contribution in [0.15, 0.2) is 46.4 Å². The van der Waals surface area contributed by atoms with Crippen molar-refractivity contribution in [3.63, 3.8) is 0 Å². The molecule has 0 atom stereocenters. The van der Waals surface area contributed by atoms with E-state index in [2.05, 4.69) is 15.9 Å². The van der Waals surface area contributed by atoms with Gasteiger partial charge >= 0.3 is 0 Å². The average molecular weight is 404 g/mol. The quantitative estimate of drug-likeness (QED) is 0.650. The van der Waals surface area contributed by atoms with Crippen molar-refractivity contribution in [2.24, 2.45) is 0 Å². The van der Waals surface area contributed by atoms with Crippen LogP contribution in [0.3, 0.4) is 0 Å². The number of hydrogen-bond acceptors (Lipinski definition) is 4. The molecule has 0 aliphatic heterocycles. The van der Waals surface area contributed by atoms with Crippen molar-refractivity contribution in [1.29, 1.82) is 10.5 Å². The molecule has 0 bridgehead atoms. The second-order valence-corrected chi connectivity index (χ2v) is 6.04. The van der Waals surface area contributed by atoms with E-state index in [-0.39, 0.29) is 12.2 Å². The van der Waals surface area contributed by atoms with Crippen LogP contribution in [-0.2, 0) is 6.61 Å². The summed E-state index contributed by atoms with van der Waals surface area (Å²) in [7, 11) is 1.57. The van der Waals surface area contributed by atoms with Gasteiger partial charge in [0.15, 0.2) is 0 Å². The fourth-order valence-electron chi connectivity index (χ4n) is 2.01. The minimum atomic E-state index is 0.0305. The van der Waals surface area contributed by atoms with Gasteiger partial charge in [-0.25, -0.2) is 0 Å². The van der Waals surface area contributed by atoms with E-state index >= 15 is 0 Å². The van der Waals surface area contributed by atoms with Gasteiger partial charge in [0, 0.05) is 10.0 Å². The molecule has 2 aromatic carbocycles. The molecule has 4 nitrogen and oxygen atoms in total. The molecule has 0 radical (unpaired) electrons. The van der Waals surface area contributed by atoms with Gasteiger partial charge in [0.1, 0.15) is 35.8 Å². The molecule has 0 spiro atoms. The van der Waals surface area contributed by atoms with Gasteiger partial charge in [-0.15, -0.1) is 0 Å². The van der Waals surface area contributed by atoms with E-state index in [9.17, 15) is 0 Å². The zero-order valence-electron chi connectivity index (χ0n) is 12.7. The Balaban J connectivity index is 2.27. The molecule has 0 saturated carbocycles. The molecular formula is C18H12BrClN2O2. The summed E-state index contributed by atoms with van der Waals surface area (Å²) in [6.07, 6.45) is 1.51. The number of methoxy groups -OCH3 is 1. The van der Waals surface area contributed by atoms with Gasteiger partial charge in [-0.2, -0.15) is 10.5 Å². The fourth-order valence-corrected chi connectivity index (χ4v) is 2.73. The molecule has 0 saturated heterocycles. The molecule has 2 aromatic rings. The standard InChI is InChI=1S/C18H12BrClN2O2/c1-23-17-4-2-12(6-13(9-21)10-22)7-14(17)11-24-18-5-3-15(19)8-16(18)20/h2-8H,11H2,1H3. The van der Waals surface area contributed by atoms with Gasteiger partial charge in [-0.05, 0) is 42.0 Å². The Kier molecular flexibility index (Phi) is 6.26. The van der Waals surface area contributed by atoms with Crippen LogP contribution in [0.25, 0.3) is 6.08 Å². The predicted octanol–water partition coefficient (Wildman–Crippen LogP) is 5.12. The third kappa shape index (κ3) is 4.52. The Morgan fingerprint density at radius 2 is 1.88 bits per heavy atom. The molecule has 0 heterocycles. The monoisotopic (exact) mass is 402 g/mol. The highest BCUT2D eigenvalue weighted by molar-refractivity contribution is 9.10. The minimum Gasteiger partial charge on any atom is -0.496 e. The fraction of sp³-hybridized carbons (Fsp3) is 0.111. The van der Waals surface area contributed by atoms with Crippen LogP contribution in [0, 0.1) is 22.7 Å². The minimum absolute atomic E-state index is 0.0305. The SMILES string of the molecule is COc1ccc(C=C(C#N)C#N)cc1COc1ccc(Br)cc1Cl. The first-order chi connectivity index (χ1) is 11.6. The van der Waals surface area contributed by atoms with Crippen LogP contribution in [0.5, 0.6) is 11.5 Å². The summed E-state index contributed by atoms with van der Waals surface area (Å²) in [5, 5.41) is 18.2. The van der Waals surface area contributed by atoms with Crippen LogP contribution >= 0.6 is 27.5 Å². The van der Waals surface area contributed by atoms with E-state index in [1.54, 1.807) is 37.4 Å². The van der Waals surface area contributed by atoms with Gasteiger partial charge in [0.05, 0.1) is 12.1 Å². The van der Waals surface area contributed by atoms with E-state index in [1.165, 1.54) is 6.08 Å². The van der Waals surface area contributed by atoms with E-state index in [4.69, 9.17) is 31.6 Å². The summed E-state index contributed by atoms with van der Waals surface area (Å²) in [4.78, 5) is 0. The maximum absolute atomic E-state index is 8.85. The van der Waals surface area contributed by atoms with Crippen molar-refractivity contribution in [3.8, 4) is 23.6 Å². The lowest BCUT2D eigenvalue weighted by atomic mass is 10.1. The van der Waals surface area contributed by atoms with E-state index in [0.717, 1.165) is 15.6 Å². The highest BCUT2D eigenvalue weighted by Gasteiger charge is 2.08. The molecule has 6 heteroatoms. The lowest BCUT2D eigenvalue weighted by molar-refractivity contribution is 0.297. The molecule has 0 amide bonds. The van der Waals surface area contributed by atoms with Crippen LogP contribution in [0.4, 0.5) is 0 Å². The molecule has 0 unspecified atom stereocenters. The number of nitriles is 2. The van der Waals surface area contributed by atoms with Gasteiger partial charge in [0.2, 0.25) is 0 Å². The van der Waals surface area contributed by atoms with Crippen LogP contribution < -0.4 is 9.47 Å². The highest BCUT2D eigenvalue weighted by Crippen LogP contribution is 2.30. The van der Waals surface area contributed by atoms with Crippen molar-refractivity contribution < 1.29 is 9.47 Å². The molecule has 2 rings (SSSR count). The summed E-state index contributed by atoms with van der Waals surface area (Å²) in [5.41, 5.74) is 1.53. The number of rotatable bonds is 5. The Morgan fingerprint density at radius 1 is 1.17 bits per heavy atom. The summed E-state index contributed by atoms with van der Waals surface area (Å²) in [5.74, 6) is 1.20. The number of nitrogens with zero attached hydrogens (tertiary/aromatic N) is 2. The average Bonchev–Trinajstić information content (AvgIpc) is 2.59. The van der Waals surface area contributed by atoms with E-state index in [0.29, 0.717) is 16.5 Å². The Morgan fingerprint density at radius 3 is 2.50 bits per heavy atom. The first-order valence-electron chi connectivity index (χ1n) is 6.84. The molecule has 0 N–H and O–H groups in total. The maximum atomic E-state index is 8.85. The Bertz CT molecular complexity index is 850. The maximum Gasteiger partial charge on any atom is 0.138 e. The van der Waals surface area contributed by atoms with E-state index in [1.807, 2.05) is 18.2 Å². The van der Waals surface area contributed by atoms with Crippen LogP contribution in [0.1, 0.15) is 11.1 Å². The van der Waals surface area contributed by atoms with Crippen LogP contribution in [0.2, 0.25) is 5.02 Å². The Hall–Kier alpha value is -2.47. The lowest BCUT2D eigenvalue weighted by Gasteiger charge is -2.12. The smallest absolute Gasteiger partial charge is 0.138 e. The molecular weight excluding hydrogens is 392 g/mol. The highest BCUT2D eigenvalue weighted by atomic mass is 79.9. The number of allylic oxidation sites excluding steroid dienone is 1. The first kappa shape index (κ1) is 17.9. The summed E-state index contributed by atoms with van der Waals surface area (Å²) in [6, 6.07) is 14.4. The summed E-state index contributed by atoms with van der Waals surface area (Å²) >= 11 is 9.48. The molecule has 0 fully saturated rings. The predicted molar refractivity (Wildman–Crippen MR) is 95.7 cm³/mol. The van der Waals surface area contributed by atoms with Crippen LogP contribution in [-0.4, -0.2) is 7.11 Å². The zero-order chi connectivity index (χ0) is 17.5. The second-order valence-electron chi connectivity index (χ2n) is 4.72. The molecule has 0 aromatic heterocycles. The number of halogens is 2. The van der Waals surface area contributed by atoms with Crippen molar-refractivity contribution in [2.75, 3.05) is 7.11 Å². The number of benzene rings is 2. The van der Waals surface area contributed by atoms with Crippen molar-refractivity contribution in [3.05, 3.63) is 62.6 Å². The molecule has 120 valence electrons. The third-order valence-electron chi connectivity index (χ3n) is 3.13. The normalized spacial score (nSPS) is 9.54. The third-order valence-corrected chi connectivity index (χ3v) is 3.92. The Labute approximate surface area is 153 Å². The summed E-state index contributed by atoms with van der Waals surface area (Å²) < 4.78 is 11.9. The second kappa shape index (κ2) is 8.40. The van der Waals surface area contributed by atoms with Gasteiger partial charge in [-0.1, -0.05) is 33.6 Å². The van der Waals surface area contributed by atoms with Gasteiger partial charge in [-0.3, -0.25) is 0 Å². The topological polar surface area (TPSA) is 66.0 Å². The largest absolute Gasteiger partial charge is 0.496 e. The first-order valence-corrected chi connectivity index (χ1v) is 8.01. The molecule has 0 aliphatic rings.